The molecule has 0 aliphatic heterocycles. The SMILES string of the molecule is CNC(=O)c1cc(C(=O)NC2CCC(C)CC2)n([C@@H](C)c2ccccc2)n1. The third-order valence-electron chi connectivity index (χ3n) is 5.43. The minimum Gasteiger partial charge on any atom is -0.354 e. The number of carbonyl (C=O) groups excluding carboxylic acids is 2. The zero-order chi connectivity index (χ0) is 19.4. The van der Waals surface area contributed by atoms with Crippen LogP contribution in [0, 0.1) is 5.92 Å². The van der Waals surface area contributed by atoms with Gasteiger partial charge in [-0.1, -0.05) is 37.3 Å². The van der Waals surface area contributed by atoms with Crippen molar-refractivity contribution in [2.45, 2.75) is 51.6 Å². The van der Waals surface area contributed by atoms with Gasteiger partial charge in [-0.3, -0.25) is 14.3 Å². The van der Waals surface area contributed by atoms with Crippen molar-refractivity contribution in [2.75, 3.05) is 7.05 Å². The summed E-state index contributed by atoms with van der Waals surface area (Å²) in [6, 6.07) is 11.5. The number of rotatable bonds is 5. The number of amides is 2. The molecule has 27 heavy (non-hydrogen) atoms. The topological polar surface area (TPSA) is 76.0 Å². The summed E-state index contributed by atoms with van der Waals surface area (Å²) < 4.78 is 1.65. The lowest BCUT2D eigenvalue weighted by Gasteiger charge is -2.27. The van der Waals surface area contributed by atoms with Crippen LogP contribution in [0.15, 0.2) is 36.4 Å². The lowest BCUT2D eigenvalue weighted by Crippen LogP contribution is -2.38. The van der Waals surface area contributed by atoms with Crippen LogP contribution in [0.5, 0.6) is 0 Å². The quantitative estimate of drug-likeness (QED) is 0.851. The summed E-state index contributed by atoms with van der Waals surface area (Å²) in [6.07, 6.45) is 4.26. The maximum absolute atomic E-state index is 13.0. The lowest BCUT2D eigenvalue weighted by molar-refractivity contribution is 0.0909. The van der Waals surface area contributed by atoms with Crippen molar-refractivity contribution in [1.29, 1.82) is 0 Å². The number of hydrogen-bond acceptors (Lipinski definition) is 3. The number of benzene rings is 1. The Morgan fingerprint density at radius 3 is 2.41 bits per heavy atom. The monoisotopic (exact) mass is 368 g/mol. The van der Waals surface area contributed by atoms with E-state index in [0.29, 0.717) is 5.69 Å². The Bertz CT molecular complexity index is 792. The second-order valence-corrected chi connectivity index (χ2v) is 7.46. The van der Waals surface area contributed by atoms with Crippen LogP contribution >= 0.6 is 0 Å². The minimum absolute atomic E-state index is 0.156. The van der Waals surface area contributed by atoms with Gasteiger partial charge in [0.1, 0.15) is 5.69 Å². The average molecular weight is 368 g/mol. The Balaban J connectivity index is 1.87. The van der Waals surface area contributed by atoms with Crippen LogP contribution in [0.4, 0.5) is 0 Å². The van der Waals surface area contributed by atoms with Crippen molar-refractivity contribution in [3.05, 3.63) is 53.3 Å². The second-order valence-electron chi connectivity index (χ2n) is 7.46. The zero-order valence-corrected chi connectivity index (χ0v) is 16.2. The van der Waals surface area contributed by atoms with Crippen molar-refractivity contribution in [3.8, 4) is 0 Å². The summed E-state index contributed by atoms with van der Waals surface area (Å²) >= 11 is 0. The minimum atomic E-state index is -0.297. The number of nitrogens with one attached hydrogen (secondary N) is 2. The molecule has 0 unspecified atom stereocenters. The van der Waals surface area contributed by atoms with E-state index in [1.54, 1.807) is 17.8 Å². The van der Waals surface area contributed by atoms with Gasteiger partial charge >= 0.3 is 0 Å². The van der Waals surface area contributed by atoms with Gasteiger partial charge in [-0.2, -0.15) is 5.10 Å². The van der Waals surface area contributed by atoms with Gasteiger partial charge < -0.3 is 10.6 Å². The van der Waals surface area contributed by atoms with E-state index in [9.17, 15) is 9.59 Å². The second kappa shape index (κ2) is 8.37. The molecule has 0 bridgehead atoms. The number of aromatic nitrogens is 2. The molecule has 2 amide bonds. The zero-order valence-electron chi connectivity index (χ0n) is 16.2. The Morgan fingerprint density at radius 1 is 1.11 bits per heavy atom. The standard InChI is InChI=1S/C21H28N4O2/c1-14-9-11-17(12-10-14)23-21(27)19-13-18(20(26)22-3)24-25(19)15(2)16-7-5-4-6-8-16/h4-8,13-15,17H,9-12H2,1-3H3,(H,22,26)(H,23,27)/t14?,15-,17?/m0/s1. The first kappa shape index (κ1) is 19.1. The first-order valence-electron chi connectivity index (χ1n) is 9.67. The normalized spacial score (nSPS) is 20.7. The molecule has 0 spiro atoms. The largest absolute Gasteiger partial charge is 0.354 e. The predicted octanol–water partition coefficient (Wildman–Crippen LogP) is 3.16. The van der Waals surface area contributed by atoms with Crippen LogP contribution in [0.2, 0.25) is 0 Å². The molecule has 2 N–H and O–H groups in total. The molecule has 6 heteroatoms. The number of hydrogen-bond donors (Lipinski definition) is 2. The highest BCUT2D eigenvalue weighted by Gasteiger charge is 2.25. The molecule has 1 aromatic carbocycles. The molecule has 1 aliphatic carbocycles. The molecular formula is C21H28N4O2. The van der Waals surface area contributed by atoms with Crippen molar-refractivity contribution in [2.24, 2.45) is 5.92 Å². The Morgan fingerprint density at radius 2 is 1.78 bits per heavy atom. The molecule has 1 atom stereocenters. The van der Waals surface area contributed by atoms with E-state index in [4.69, 9.17) is 0 Å². The van der Waals surface area contributed by atoms with Crippen LogP contribution in [0.1, 0.15) is 72.1 Å². The van der Waals surface area contributed by atoms with Gasteiger partial charge in [-0.15, -0.1) is 0 Å². The molecule has 0 saturated heterocycles. The first-order chi connectivity index (χ1) is 13.0. The Hall–Kier alpha value is -2.63. The van der Waals surface area contributed by atoms with Gasteiger partial charge in [0.15, 0.2) is 5.69 Å². The highest BCUT2D eigenvalue weighted by Crippen LogP contribution is 2.24. The molecule has 2 aromatic rings. The summed E-state index contributed by atoms with van der Waals surface area (Å²) in [7, 11) is 1.56. The maximum atomic E-state index is 13.0. The predicted molar refractivity (Wildman–Crippen MR) is 105 cm³/mol. The highest BCUT2D eigenvalue weighted by molar-refractivity contribution is 5.98. The third-order valence-corrected chi connectivity index (χ3v) is 5.43. The molecule has 1 heterocycles. The molecular weight excluding hydrogens is 340 g/mol. The summed E-state index contributed by atoms with van der Waals surface area (Å²) in [5, 5.41) is 10.1. The van der Waals surface area contributed by atoms with Crippen LogP contribution in [0.25, 0.3) is 0 Å². The molecule has 1 saturated carbocycles. The van der Waals surface area contributed by atoms with Gasteiger partial charge in [0.05, 0.1) is 6.04 Å². The fourth-order valence-corrected chi connectivity index (χ4v) is 3.63. The van der Waals surface area contributed by atoms with E-state index >= 15 is 0 Å². The van der Waals surface area contributed by atoms with E-state index < -0.39 is 0 Å². The summed E-state index contributed by atoms with van der Waals surface area (Å²) in [4.78, 5) is 25.0. The van der Waals surface area contributed by atoms with Crippen molar-refractivity contribution < 1.29 is 9.59 Å². The van der Waals surface area contributed by atoms with E-state index in [-0.39, 0.29) is 29.6 Å². The fourth-order valence-electron chi connectivity index (χ4n) is 3.63. The molecule has 1 fully saturated rings. The van der Waals surface area contributed by atoms with Crippen LogP contribution in [-0.4, -0.2) is 34.7 Å². The summed E-state index contributed by atoms with van der Waals surface area (Å²) in [6.45, 7) is 4.24. The van der Waals surface area contributed by atoms with E-state index in [2.05, 4.69) is 22.7 Å². The first-order valence-corrected chi connectivity index (χ1v) is 9.67. The molecule has 144 valence electrons. The Kier molecular flexibility index (Phi) is 5.94. The summed E-state index contributed by atoms with van der Waals surface area (Å²) in [5.41, 5.74) is 1.70. The fraction of sp³-hybridized carbons (Fsp3) is 0.476. The average Bonchev–Trinajstić information content (AvgIpc) is 3.15. The van der Waals surface area contributed by atoms with E-state index in [1.165, 1.54) is 0 Å². The number of nitrogens with zero attached hydrogens (tertiary/aromatic N) is 2. The number of carbonyl (C=O) groups is 2. The van der Waals surface area contributed by atoms with Crippen molar-refractivity contribution in [1.82, 2.24) is 20.4 Å². The molecule has 0 radical (unpaired) electrons. The molecule has 1 aliphatic rings. The van der Waals surface area contributed by atoms with E-state index in [0.717, 1.165) is 37.2 Å². The van der Waals surface area contributed by atoms with Crippen LogP contribution in [-0.2, 0) is 0 Å². The van der Waals surface area contributed by atoms with E-state index in [1.807, 2.05) is 37.3 Å². The van der Waals surface area contributed by atoms with Crippen LogP contribution < -0.4 is 10.6 Å². The van der Waals surface area contributed by atoms with Crippen LogP contribution in [0.3, 0.4) is 0 Å². The van der Waals surface area contributed by atoms with Gasteiger partial charge in [-0.25, -0.2) is 0 Å². The summed E-state index contributed by atoms with van der Waals surface area (Å²) in [5.74, 6) is 0.260. The van der Waals surface area contributed by atoms with Gasteiger partial charge in [0.25, 0.3) is 11.8 Å². The smallest absolute Gasteiger partial charge is 0.271 e. The van der Waals surface area contributed by atoms with Gasteiger partial charge in [-0.05, 0) is 44.1 Å². The molecule has 6 nitrogen and oxygen atoms in total. The van der Waals surface area contributed by atoms with Gasteiger partial charge in [0.2, 0.25) is 0 Å². The van der Waals surface area contributed by atoms with Gasteiger partial charge in [0, 0.05) is 19.2 Å². The third kappa shape index (κ3) is 4.38. The Labute approximate surface area is 160 Å². The van der Waals surface area contributed by atoms with Crippen molar-refractivity contribution >= 4 is 11.8 Å². The maximum Gasteiger partial charge on any atom is 0.271 e. The molecule has 1 aromatic heterocycles. The highest BCUT2D eigenvalue weighted by atomic mass is 16.2. The molecule has 3 rings (SSSR count). The van der Waals surface area contributed by atoms with Crippen molar-refractivity contribution in [3.63, 3.8) is 0 Å². The lowest BCUT2D eigenvalue weighted by atomic mass is 9.87.